The van der Waals surface area contributed by atoms with E-state index >= 15 is 0 Å². The van der Waals surface area contributed by atoms with Crippen LogP contribution in [0.1, 0.15) is 48.0 Å². The summed E-state index contributed by atoms with van der Waals surface area (Å²) in [5.41, 5.74) is 0.633. The molecule has 1 aromatic heterocycles. The summed E-state index contributed by atoms with van der Waals surface area (Å²) in [4.78, 5) is 30.4. The second kappa shape index (κ2) is 8.40. The highest BCUT2D eigenvalue weighted by Gasteiger charge is 2.43. The van der Waals surface area contributed by atoms with Gasteiger partial charge in [0.05, 0.1) is 17.0 Å². The van der Waals surface area contributed by atoms with Gasteiger partial charge in [0.25, 0.3) is 5.91 Å². The number of benzene rings is 2. The van der Waals surface area contributed by atoms with E-state index in [1.165, 1.54) is 6.07 Å². The Bertz CT molecular complexity index is 1140. The van der Waals surface area contributed by atoms with Crippen LogP contribution in [0.15, 0.2) is 57.7 Å². The summed E-state index contributed by atoms with van der Waals surface area (Å²) in [5.74, 6) is -0.778. The molecule has 0 bridgehead atoms. The van der Waals surface area contributed by atoms with Crippen molar-refractivity contribution < 1.29 is 13.6 Å². The van der Waals surface area contributed by atoms with Crippen molar-refractivity contribution in [3.63, 3.8) is 0 Å². The summed E-state index contributed by atoms with van der Waals surface area (Å²) < 4.78 is 20.6. The molecule has 1 amide bonds. The van der Waals surface area contributed by atoms with E-state index in [2.05, 4.69) is 18.7 Å². The van der Waals surface area contributed by atoms with E-state index in [1.54, 1.807) is 47.4 Å². The van der Waals surface area contributed by atoms with Crippen molar-refractivity contribution in [2.75, 3.05) is 26.2 Å². The summed E-state index contributed by atoms with van der Waals surface area (Å²) >= 11 is 0. The Morgan fingerprint density at radius 1 is 1.03 bits per heavy atom. The second-order valence-electron chi connectivity index (χ2n) is 7.47. The molecular formula is C24H25FN2O3. The van der Waals surface area contributed by atoms with Crippen molar-refractivity contribution in [1.82, 2.24) is 9.80 Å². The summed E-state index contributed by atoms with van der Waals surface area (Å²) in [6, 6.07) is 12.4. The molecule has 2 aromatic carbocycles. The first-order valence-electron chi connectivity index (χ1n) is 10.4. The molecule has 0 saturated carbocycles. The van der Waals surface area contributed by atoms with Gasteiger partial charge in [-0.05, 0) is 44.3 Å². The molecule has 0 N–H and O–H groups in total. The van der Waals surface area contributed by atoms with E-state index in [-0.39, 0.29) is 22.7 Å². The molecule has 1 aliphatic rings. The third-order valence-electron chi connectivity index (χ3n) is 5.84. The van der Waals surface area contributed by atoms with Crippen LogP contribution in [-0.2, 0) is 0 Å². The van der Waals surface area contributed by atoms with E-state index in [4.69, 9.17) is 4.42 Å². The predicted octanol–water partition coefficient (Wildman–Crippen LogP) is 4.21. The summed E-state index contributed by atoms with van der Waals surface area (Å²) in [6.45, 7) is 7.27. The molecule has 0 saturated heterocycles. The van der Waals surface area contributed by atoms with Gasteiger partial charge in [-0.15, -0.1) is 0 Å². The monoisotopic (exact) mass is 408 g/mol. The van der Waals surface area contributed by atoms with Crippen molar-refractivity contribution in [2.24, 2.45) is 0 Å². The van der Waals surface area contributed by atoms with Gasteiger partial charge in [-0.2, -0.15) is 0 Å². The number of hydrogen-bond acceptors (Lipinski definition) is 4. The molecule has 0 unspecified atom stereocenters. The molecule has 0 radical (unpaired) electrons. The number of carbonyl (C=O) groups excluding carboxylic acids is 1. The van der Waals surface area contributed by atoms with Crippen molar-refractivity contribution in [3.05, 3.63) is 81.5 Å². The van der Waals surface area contributed by atoms with E-state index in [9.17, 15) is 14.0 Å². The highest BCUT2D eigenvalue weighted by Crippen LogP contribution is 2.39. The van der Waals surface area contributed by atoms with Crippen LogP contribution < -0.4 is 5.43 Å². The Morgan fingerprint density at radius 3 is 2.47 bits per heavy atom. The van der Waals surface area contributed by atoms with E-state index in [0.29, 0.717) is 23.1 Å². The molecule has 1 atom stereocenters. The number of halogens is 1. The molecule has 5 nitrogen and oxygen atoms in total. The Kier molecular flexibility index (Phi) is 5.68. The summed E-state index contributed by atoms with van der Waals surface area (Å²) in [5, 5.41) is 0.399. The molecule has 2 heterocycles. The van der Waals surface area contributed by atoms with Crippen LogP contribution in [0.4, 0.5) is 4.39 Å². The lowest BCUT2D eigenvalue weighted by Gasteiger charge is -2.26. The number of hydrogen-bond donors (Lipinski definition) is 0. The Balaban J connectivity index is 1.80. The van der Waals surface area contributed by atoms with Crippen LogP contribution in [0.2, 0.25) is 0 Å². The quantitative estimate of drug-likeness (QED) is 0.588. The number of amides is 1. The smallest absolute Gasteiger partial charge is 0.290 e. The van der Waals surface area contributed by atoms with Crippen LogP contribution in [0, 0.1) is 5.82 Å². The van der Waals surface area contributed by atoms with Crippen LogP contribution in [0.25, 0.3) is 11.0 Å². The molecule has 4 rings (SSSR count). The average Bonchev–Trinajstić information content (AvgIpc) is 3.04. The predicted molar refractivity (Wildman–Crippen MR) is 114 cm³/mol. The van der Waals surface area contributed by atoms with Gasteiger partial charge in [0.1, 0.15) is 11.4 Å². The molecule has 0 aliphatic carbocycles. The molecular weight excluding hydrogens is 383 g/mol. The Morgan fingerprint density at radius 2 is 1.73 bits per heavy atom. The van der Waals surface area contributed by atoms with Gasteiger partial charge in [0.2, 0.25) is 5.76 Å². The van der Waals surface area contributed by atoms with Crippen molar-refractivity contribution in [3.8, 4) is 0 Å². The number of fused-ring (bicyclic) bond motifs is 2. The van der Waals surface area contributed by atoms with Crippen molar-refractivity contribution in [2.45, 2.75) is 26.3 Å². The van der Waals surface area contributed by atoms with Gasteiger partial charge in [0.15, 0.2) is 5.43 Å². The normalized spacial score (nSPS) is 15.9. The first-order chi connectivity index (χ1) is 14.6. The van der Waals surface area contributed by atoms with E-state index in [1.807, 2.05) is 0 Å². The molecule has 0 fully saturated rings. The maximum atomic E-state index is 14.8. The second-order valence-corrected chi connectivity index (χ2v) is 7.47. The average molecular weight is 408 g/mol. The van der Waals surface area contributed by atoms with Gasteiger partial charge < -0.3 is 14.2 Å². The maximum absolute atomic E-state index is 14.8. The minimum atomic E-state index is -0.786. The lowest BCUT2D eigenvalue weighted by atomic mass is 9.98. The van der Waals surface area contributed by atoms with Gasteiger partial charge >= 0.3 is 0 Å². The van der Waals surface area contributed by atoms with Gasteiger partial charge in [-0.1, -0.05) is 44.2 Å². The number of carbonyl (C=O) groups is 1. The third kappa shape index (κ3) is 3.41. The van der Waals surface area contributed by atoms with E-state index in [0.717, 1.165) is 26.1 Å². The van der Waals surface area contributed by atoms with Crippen molar-refractivity contribution >= 4 is 16.9 Å². The zero-order valence-corrected chi connectivity index (χ0v) is 17.2. The standard InChI is InChI=1S/C24H25FN2O3/c1-3-26(4-2)14-9-15-27-21(16-10-5-7-12-18(16)25)20-22(28)17-11-6-8-13-19(17)30-23(20)24(27)29/h5-8,10-13,21H,3-4,9,14-15H2,1-2H3/t21-/m0/s1. The minimum Gasteiger partial charge on any atom is -0.450 e. The van der Waals surface area contributed by atoms with Gasteiger partial charge in [-0.3, -0.25) is 9.59 Å². The van der Waals surface area contributed by atoms with Crippen molar-refractivity contribution in [1.29, 1.82) is 0 Å². The maximum Gasteiger partial charge on any atom is 0.290 e. The lowest BCUT2D eigenvalue weighted by molar-refractivity contribution is 0.0718. The summed E-state index contributed by atoms with van der Waals surface area (Å²) in [7, 11) is 0. The van der Waals surface area contributed by atoms with Crippen LogP contribution in [-0.4, -0.2) is 41.9 Å². The molecule has 0 spiro atoms. The Hall–Kier alpha value is -2.99. The first kappa shape index (κ1) is 20.3. The molecule has 30 heavy (non-hydrogen) atoms. The zero-order chi connectivity index (χ0) is 21.3. The SMILES string of the molecule is CCN(CC)CCCN1C(=O)c2oc3ccccc3c(=O)c2[C@@H]1c1ccccc1F. The van der Waals surface area contributed by atoms with Gasteiger partial charge in [0, 0.05) is 12.1 Å². The fourth-order valence-electron chi connectivity index (χ4n) is 4.22. The fourth-order valence-corrected chi connectivity index (χ4v) is 4.22. The van der Waals surface area contributed by atoms with Crippen LogP contribution in [0.3, 0.4) is 0 Å². The topological polar surface area (TPSA) is 53.8 Å². The van der Waals surface area contributed by atoms with Crippen LogP contribution >= 0.6 is 0 Å². The largest absolute Gasteiger partial charge is 0.450 e. The van der Waals surface area contributed by atoms with E-state index < -0.39 is 11.9 Å². The number of nitrogens with zero attached hydrogens (tertiary/aromatic N) is 2. The summed E-state index contributed by atoms with van der Waals surface area (Å²) in [6.07, 6.45) is 0.722. The highest BCUT2D eigenvalue weighted by atomic mass is 19.1. The molecule has 1 aliphatic heterocycles. The number of rotatable bonds is 7. The fraction of sp³-hybridized carbons (Fsp3) is 0.333. The molecule has 3 aromatic rings. The zero-order valence-electron chi connectivity index (χ0n) is 17.2. The number of para-hydroxylation sites is 1. The van der Waals surface area contributed by atoms with Crippen LogP contribution in [0.5, 0.6) is 0 Å². The molecule has 6 heteroatoms. The highest BCUT2D eigenvalue weighted by molar-refractivity contribution is 5.99. The molecule has 156 valence electrons. The lowest BCUT2D eigenvalue weighted by Crippen LogP contribution is -2.33. The van der Waals surface area contributed by atoms with Gasteiger partial charge in [-0.25, -0.2) is 4.39 Å². The third-order valence-corrected chi connectivity index (χ3v) is 5.84. The first-order valence-corrected chi connectivity index (χ1v) is 10.4. The minimum absolute atomic E-state index is 0.0230. The Labute approximate surface area is 174 Å².